The molecule has 9 heteroatoms. The zero-order valence-electron chi connectivity index (χ0n) is 13.8. The maximum atomic E-state index is 12.6. The highest BCUT2D eigenvalue weighted by Crippen LogP contribution is 2.25. The van der Waals surface area contributed by atoms with E-state index < -0.39 is 10.8 Å². The number of carbonyl (C=O) groups is 1. The molecule has 3 aromatic rings. The Morgan fingerprint density at radius 2 is 2.15 bits per heavy atom. The van der Waals surface area contributed by atoms with Gasteiger partial charge in [0.15, 0.2) is 0 Å². The van der Waals surface area contributed by atoms with Crippen LogP contribution < -0.4 is 5.32 Å². The highest BCUT2D eigenvalue weighted by Gasteiger charge is 2.20. The Bertz CT molecular complexity index is 943. The Labute approximate surface area is 153 Å². The molecule has 8 nitrogen and oxygen atoms in total. The van der Waals surface area contributed by atoms with Gasteiger partial charge in [0.1, 0.15) is 18.2 Å². The van der Waals surface area contributed by atoms with Gasteiger partial charge in [-0.1, -0.05) is 12.1 Å². The van der Waals surface area contributed by atoms with Crippen LogP contribution in [0, 0.1) is 10.1 Å². The molecule has 1 amide bonds. The number of nitrogens with one attached hydrogen (secondary N) is 1. The van der Waals surface area contributed by atoms with Crippen molar-refractivity contribution in [1.82, 2.24) is 14.8 Å². The molecule has 1 aromatic heterocycles. The van der Waals surface area contributed by atoms with Gasteiger partial charge in [0.25, 0.3) is 11.6 Å². The van der Waals surface area contributed by atoms with Gasteiger partial charge in [0.05, 0.1) is 11.5 Å². The van der Waals surface area contributed by atoms with Crippen LogP contribution in [0.15, 0.2) is 60.0 Å². The van der Waals surface area contributed by atoms with Crippen LogP contribution in [0.5, 0.6) is 0 Å². The monoisotopic (exact) mass is 369 g/mol. The minimum absolute atomic E-state index is 0.0310. The summed E-state index contributed by atoms with van der Waals surface area (Å²) in [5.74, 6) is -0.523. The van der Waals surface area contributed by atoms with Crippen molar-refractivity contribution in [3.05, 3.63) is 76.4 Å². The maximum Gasteiger partial charge on any atom is 0.282 e. The smallest absolute Gasteiger partial charge is 0.282 e. The molecule has 0 aliphatic heterocycles. The molecule has 0 saturated heterocycles. The van der Waals surface area contributed by atoms with Crippen LogP contribution in [-0.4, -0.2) is 31.9 Å². The van der Waals surface area contributed by atoms with E-state index in [0.29, 0.717) is 12.2 Å². The van der Waals surface area contributed by atoms with E-state index >= 15 is 0 Å². The molecular formula is C17H15N5O3S. The van der Waals surface area contributed by atoms with Gasteiger partial charge in [-0.25, -0.2) is 9.67 Å². The van der Waals surface area contributed by atoms with Crippen LogP contribution in [0.25, 0.3) is 0 Å². The lowest BCUT2D eigenvalue weighted by molar-refractivity contribution is -0.385. The van der Waals surface area contributed by atoms with Crippen molar-refractivity contribution in [3.8, 4) is 0 Å². The van der Waals surface area contributed by atoms with Crippen molar-refractivity contribution in [2.45, 2.75) is 11.4 Å². The fourth-order valence-electron chi connectivity index (χ4n) is 2.43. The van der Waals surface area contributed by atoms with Gasteiger partial charge in [-0.3, -0.25) is 14.9 Å². The maximum absolute atomic E-state index is 12.6. The molecule has 0 fully saturated rings. The van der Waals surface area contributed by atoms with E-state index in [2.05, 4.69) is 15.4 Å². The zero-order valence-corrected chi connectivity index (χ0v) is 14.6. The van der Waals surface area contributed by atoms with E-state index in [1.165, 1.54) is 30.2 Å². The summed E-state index contributed by atoms with van der Waals surface area (Å²) in [6, 6.07) is 11.7. The lowest BCUT2D eigenvalue weighted by atomic mass is 10.1. The Balaban J connectivity index is 1.83. The molecular weight excluding hydrogens is 354 g/mol. The fraction of sp³-hybridized carbons (Fsp3) is 0.118. The van der Waals surface area contributed by atoms with E-state index in [4.69, 9.17) is 0 Å². The van der Waals surface area contributed by atoms with E-state index in [-0.39, 0.29) is 11.3 Å². The number of nitrogens with zero attached hydrogens (tertiary/aromatic N) is 4. The molecule has 0 aliphatic carbocycles. The lowest BCUT2D eigenvalue weighted by Crippen LogP contribution is -2.14. The second-order valence-corrected chi connectivity index (χ2v) is 6.27. The second-order valence-electron chi connectivity index (χ2n) is 5.39. The molecule has 0 radical (unpaired) electrons. The lowest BCUT2D eigenvalue weighted by Gasteiger charge is -2.09. The predicted octanol–water partition coefficient (Wildman–Crippen LogP) is 3.21. The number of rotatable bonds is 6. The standard InChI is InChI=1S/C17H15N5O3S/c1-26-14-5-6-16(22(24)25)15(8-14)17(23)20-13-4-2-3-12(7-13)9-21-11-18-10-19-21/h2-8,10-11H,9H2,1H3,(H,20,23). The topological polar surface area (TPSA) is 103 Å². The van der Waals surface area contributed by atoms with Crippen LogP contribution in [0.1, 0.15) is 15.9 Å². The number of thioether (sulfide) groups is 1. The summed E-state index contributed by atoms with van der Waals surface area (Å²) in [5, 5.41) is 18.0. The highest BCUT2D eigenvalue weighted by atomic mass is 32.2. The Hall–Kier alpha value is -3.20. The number of hydrogen-bond donors (Lipinski definition) is 1. The van der Waals surface area contributed by atoms with Crippen molar-refractivity contribution in [1.29, 1.82) is 0 Å². The third-order valence-electron chi connectivity index (χ3n) is 3.64. The number of aromatic nitrogens is 3. The van der Waals surface area contributed by atoms with Crippen molar-refractivity contribution in [2.75, 3.05) is 11.6 Å². The molecule has 0 spiro atoms. The van der Waals surface area contributed by atoms with Crippen LogP contribution in [-0.2, 0) is 6.54 Å². The number of amides is 1. The Morgan fingerprint density at radius 3 is 2.85 bits per heavy atom. The Morgan fingerprint density at radius 1 is 1.31 bits per heavy atom. The van der Waals surface area contributed by atoms with Gasteiger partial charge in [0, 0.05) is 16.6 Å². The molecule has 1 heterocycles. The van der Waals surface area contributed by atoms with Crippen LogP contribution >= 0.6 is 11.8 Å². The first-order valence-electron chi connectivity index (χ1n) is 7.62. The molecule has 2 aromatic carbocycles. The predicted molar refractivity (Wildman–Crippen MR) is 98.4 cm³/mol. The van der Waals surface area contributed by atoms with Crippen molar-refractivity contribution in [3.63, 3.8) is 0 Å². The van der Waals surface area contributed by atoms with Gasteiger partial charge < -0.3 is 5.32 Å². The first kappa shape index (κ1) is 17.6. The van der Waals surface area contributed by atoms with Crippen LogP contribution in [0.2, 0.25) is 0 Å². The molecule has 26 heavy (non-hydrogen) atoms. The first-order chi connectivity index (χ1) is 12.6. The average Bonchev–Trinajstić information content (AvgIpc) is 3.14. The van der Waals surface area contributed by atoms with E-state index in [9.17, 15) is 14.9 Å². The molecule has 0 aliphatic rings. The number of hydrogen-bond acceptors (Lipinski definition) is 6. The van der Waals surface area contributed by atoms with Gasteiger partial charge in [0.2, 0.25) is 0 Å². The number of anilines is 1. The van der Waals surface area contributed by atoms with Gasteiger partial charge in [-0.2, -0.15) is 5.10 Å². The summed E-state index contributed by atoms with van der Waals surface area (Å²) >= 11 is 1.41. The van der Waals surface area contributed by atoms with Crippen molar-refractivity contribution < 1.29 is 9.72 Å². The molecule has 0 bridgehead atoms. The third kappa shape index (κ3) is 4.06. The zero-order chi connectivity index (χ0) is 18.5. The van der Waals surface area contributed by atoms with Crippen molar-refractivity contribution >= 4 is 29.0 Å². The van der Waals surface area contributed by atoms with Crippen LogP contribution in [0.4, 0.5) is 11.4 Å². The first-order valence-corrected chi connectivity index (χ1v) is 8.84. The normalized spacial score (nSPS) is 10.5. The third-order valence-corrected chi connectivity index (χ3v) is 4.37. The highest BCUT2D eigenvalue weighted by molar-refractivity contribution is 7.98. The number of nitro groups is 1. The molecule has 132 valence electrons. The fourth-order valence-corrected chi connectivity index (χ4v) is 2.87. The average molecular weight is 369 g/mol. The summed E-state index contributed by atoms with van der Waals surface area (Å²) in [7, 11) is 0. The van der Waals surface area contributed by atoms with E-state index in [1.54, 1.807) is 35.3 Å². The number of nitro benzene ring substituents is 1. The summed E-state index contributed by atoms with van der Waals surface area (Å²) in [5.41, 5.74) is 1.28. The summed E-state index contributed by atoms with van der Waals surface area (Å²) in [4.78, 5) is 27.9. The number of benzene rings is 2. The SMILES string of the molecule is CSc1ccc([N+](=O)[O-])c(C(=O)Nc2cccc(Cn3cncn3)c2)c1. The summed E-state index contributed by atoms with van der Waals surface area (Å²) < 4.78 is 1.66. The van der Waals surface area contributed by atoms with E-state index in [0.717, 1.165) is 10.5 Å². The van der Waals surface area contributed by atoms with Gasteiger partial charge in [-0.05, 0) is 36.1 Å². The molecule has 1 N–H and O–H groups in total. The minimum atomic E-state index is -0.555. The van der Waals surface area contributed by atoms with Crippen LogP contribution in [0.3, 0.4) is 0 Å². The van der Waals surface area contributed by atoms with Gasteiger partial charge >= 0.3 is 0 Å². The van der Waals surface area contributed by atoms with E-state index in [1.807, 2.05) is 12.3 Å². The van der Waals surface area contributed by atoms with Crippen molar-refractivity contribution in [2.24, 2.45) is 0 Å². The molecule has 0 atom stereocenters. The minimum Gasteiger partial charge on any atom is -0.322 e. The second kappa shape index (κ2) is 7.79. The summed E-state index contributed by atoms with van der Waals surface area (Å²) in [6.07, 6.45) is 4.89. The quantitative estimate of drug-likeness (QED) is 0.406. The van der Waals surface area contributed by atoms with Gasteiger partial charge in [-0.15, -0.1) is 11.8 Å². The molecule has 0 saturated carbocycles. The molecule has 3 rings (SSSR count). The number of carbonyl (C=O) groups excluding carboxylic acids is 1. The largest absolute Gasteiger partial charge is 0.322 e. The summed E-state index contributed by atoms with van der Waals surface area (Å²) in [6.45, 7) is 0.506. The Kier molecular flexibility index (Phi) is 5.28. The molecule has 0 unspecified atom stereocenters.